The molecule has 0 fully saturated rings. The first-order valence-corrected chi connectivity index (χ1v) is 10.6. The summed E-state index contributed by atoms with van der Waals surface area (Å²) in [6, 6.07) is 0. The minimum Gasteiger partial charge on any atom is -0.456 e. The van der Waals surface area contributed by atoms with E-state index in [2.05, 4.69) is 43.6 Å². The van der Waals surface area contributed by atoms with Gasteiger partial charge in [0.25, 0.3) is 0 Å². The molecule has 2 rings (SSSR count). The molecular weight excluding hydrogens is 364 g/mol. The van der Waals surface area contributed by atoms with Crippen molar-refractivity contribution >= 4 is 5.97 Å². The van der Waals surface area contributed by atoms with Gasteiger partial charge in [-0.05, 0) is 44.9 Å². The molecule has 0 radical (unpaired) electrons. The monoisotopic (exact) mass is 404 g/mol. The second kappa shape index (κ2) is 15.9. The number of rotatable bonds is 3. The molecule has 0 aliphatic carbocycles. The van der Waals surface area contributed by atoms with E-state index in [0.717, 1.165) is 12.8 Å². The van der Waals surface area contributed by atoms with Gasteiger partial charge in [0.1, 0.15) is 18.3 Å². The Hall–Kier alpha value is -2.01. The van der Waals surface area contributed by atoms with Gasteiger partial charge in [-0.25, -0.2) is 0 Å². The first-order chi connectivity index (χ1) is 13.9. The van der Waals surface area contributed by atoms with Crippen LogP contribution in [-0.4, -0.2) is 36.5 Å². The van der Waals surface area contributed by atoms with Crippen molar-refractivity contribution in [1.29, 1.82) is 0 Å². The Morgan fingerprint density at radius 2 is 1.41 bits per heavy atom. The quantitative estimate of drug-likeness (QED) is 0.362. The summed E-state index contributed by atoms with van der Waals surface area (Å²) in [5.41, 5.74) is 0. The summed E-state index contributed by atoms with van der Waals surface area (Å²) >= 11 is 0. The van der Waals surface area contributed by atoms with Crippen LogP contribution in [0.1, 0.15) is 69.7 Å². The lowest BCUT2D eigenvalue weighted by Crippen LogP contribution is -2.37. The van der Waals surface area contributed by atoms with Crippen molar-refractivity contribution < 1.29 is 20.4 Å². The Balaban J connectivity index is 0. The Morgan fingerprint density at radius 1 is 0.931 bits per heavy atom. The van der Waals surface area contributed by atoms with Gasteiger partial charge in [0, 0.05) is 14.3 Å². The van der Waals surface area contributed by atoms with Gasteiger partial charge in [-0.2, -0.15) is 0 Å². The van der Waals surface area contributed by atoms with E-state index in [0.29, 0.717) is 12.0 Å². The van der Waals surface area contributed by atoms with Crippen molar-refractivity contribution in [1.82, 2.24) is 0 Å². The summed E-state index contributed by atoms with van der Waals surface area (Å²) in [6.45, 7) is 15.3. The molecule has 4 nitrogen and oxygen atoms in total. The molecule has 2 aliphatic rings. The highest BCUT2D eigenvalue weighted by atomic mass is 16.6. The summed E-state index contributed by atoms with van der Waals surface area (Å²) in [7, 11) is 0. The Morgan fingerprint density at radius 3 is 1.86 bits per heavy atom. The third kappa shape index (κ3) is 10.4. The fraction of sp³-hybridized carbons (Fsp3) is 0.640. The van der Waals surface area contributed by atoms with Crippen LogP contribution in [0.25, 0.3) is 0 Å². The maximum Gasteiger partial charge on any atom is 0.303 e. The zero-order chi connectivity index (χ0) is 22.2. The number of carbonyl (C=O) groups excluding carboxylic acids is 1. The predicted molar refractivity (Wildman–Crippen MR) is 121 cm³/mol. The molecule has 0 amide bonds. The van der Waals surface area contributed by atoms with Crippen LogP contribution in [-0.2, 0) is 19.0 Å². The highest BCUT2D eigenvalue weighted by molar-refractivity contribution is 5.66. The standard InChI is InChI=1S/C12H16O3.C11H16O.C2H6.H2/c1-4-6-10-7-8-12(14-9(3)13)11(5-2)15-10;1-4-6-10-8-7-9(3)11(5-2)12-10;1-2;/h7-8,10-12H,5H2,1-3H3;7-11H,5H2,1-3H3;1-2H3;1H/t10-,11-,12+;9-,10+,11+;;/m10../s1. The summed E-state index contributed by atoms with van der Waals surface area (Å²) < 4.78 is 16.5. The average molecular weight is 405 g/mol. The normalized spacial score (nSPS) is 29.4. The van der Waals surface area contributed by atoms with E-state index in [-0.39, 0.29) is 31.8 Å². The third-order valence-corrected chi connectivity index (χ3v) is 4.34. The molecule has 2 aliphatic heterocycles. The van der Waals surface area contributed by atoms with E-state index >= 15 is 0 Å². The second-order valence-corrected chi connectivity index (χ2v) is 6.50. The van der Waals surface area contributed by atoms with Crippen LogP contribution in [0.15, 0.2) is 24.3 Å². The number of hydrogen-bond acceptors (Lipinski definition) is 4. The van der Waals surface area contributed by atoms with E-state index < -0.39 is 0 Å². The van der Waals surface area contributed by atoms with E-state index in [9.17, 15) is 4.79 Å². The maximum atomic E-state index is 10.8. The van der Waals surface area contributed by atoms with Crippen molar-refractivity contribution in [2.24, 2.45) is 5.92 Å². The molecule has 0 bridgehead atoms. The lowest BCUT2D eigenvalue weighted by atomic mass is 9.98. The first-order valence-electron chi connectivity index (χ1n) is 10.6. The van der Waals surface area contributed by atoms with Crippen molar-refractivity contribution in [3.63, 3.8) is 0 Å². The lowest BCUT2D eigenvalue weighted by molar-refractivity contribution is -0.153. The van der Waals surface area contributed by atoms with Gasteiger partial charge < -0.3 is 14.2 Å². The van der Waals surface area contributed by atoms with E-state index in [1.54, 1.807) is 6.92 Å². The number of ether oxygens (including phenoxy) is 3. The molecule has 6 atom stereocenters. The van der Waals surface area contributed by atoms with Crippen LogP contribution in [0.3, 0.4) is 0 Å². The van der Waals surface area contributed by atoms with E-state index in [1.807, 2.05) is 45.9 Å². The van der Waals surface area contributed by atoms with Gasteiger partial charge in [0.15, 0.2) is 0 Å². The molecule has 0 N–H and O–H groups in total. The van der Waals surface area contributed by atoms with Crippen LogP contribution in [0.2, 0.25) is 0 Å². The number of esters is 1. The zero-order valence-electron chi connectivity index (χ0n) is 19.3. The van der Waals surface area contributed by atoms with Crippen molar-refractivity contribution in [3.05, 3.63) is 24.3 Å². The lowest BCUT2D eigenvalue weighted by Gasteiger charge is -2.29. The molecule has 4 heteroatoms. The van der Waals surface area contributed by atoms with Crippen LogP contribution < -0.4 is 0 Å². The smallest absolute Gasteiger partial charge is 0.303 e. The minimum absolute atomic E-state index is 0. The second-order valence-electron chi connectivity index (χ2n) is 6.50. The van der Waals surface area contributed by atoms with Gasteiger partial charge in [0.2, 0.25) is 0 Å². The summed E-state index contributed by atoms with van der Waals surface area (Å²) in [5, 5.41) is 0. The van der Waals surface area contributed by atoms with Gasteiger partial charge >= 0.3 is 5.97 Å². The van der Waals surface area contributed by atoms with Gasteiger partial charge in [0.05, 0.1) is 12.2 Å². The predicted octanol–water partition coefficient (Wildman–Crippen LogP) is 5.33. The minimum atomic E-state index is -0.285. The number of hydrogen-bond donors (Lipinski definition) is 0. The largest absolute Gasteiger partial charge is 0.456 e. The summed E-state index contributed by atoms with van der Waals surface area (Å²) in [4.78, 5) is 10.8. The average Bonchev–Trinajstić information content (AvgIpc) is 2.72. The molecule has 0 saturated carbocycles. The Kier molecular flexibility index (Phi) is 14.8. The van der Waals surface area contributed by atoms with Crippen LogP contribution in [0.4, 0.5) is 0 Å². The molecule has 0 unspecified atom stereocenters. The fourth-order valence-electron chi connectivity index (χ4n) is 2.96. The molecule has 29 heavy (non-hydrogen) atoms. The summed E-state index contributed by atoms with van der Waals surface area (Å²) in [5.74, 6) is 11.9. The molecule has 0 aromatic carbocycles. The molecule has 2 heterocycles. The molecule has 164 valence electrons. The maximum absolute atomic E-state index is 10.8. The van der Waals surface area contributed by atoms with Crippen LogP contribution in [0, 0.1) is 29.6 Å². The van der Waals surface area contributed by atoms with Crippen molar-refractivity contribution in [3.8, 4) is 23.7 Å². The van der Waals surface area contributed by atoms with Crippen LogP contribution in [0.5, 0.6) is 0 Å². The van der Waals surface area contributed by atoms with Crippen molar-refractivity contribution in [2.45, 2.75) is 98.8 Å². The molecule has 0 aromatic heterocycles. The first kappa shape index (κ1) is 27.0. The molecule has 0 spiro atoms. The Bertz CT molecular complexity index is 648. The van der Waals surface area contributed by atoms with Gasteiger partial charge in [-0.1, -0.05) is 52.5 Å². The van der Waals surface area contributed by atoms with Crippen LogP contribution >= 0.6 is 0 Å². The SMILES string of the molecule is CC.CC#C[C@@H]1C=C[C@H](C)[C@@H](CC)O1.CC#C[C@@H]1C=C[C@H](OC(C)=O)[C@@H](CC)O1.[HH]. The van der Waals surface area contributed by atoms with E-state index in [4.69, 9.17) is 14.2 Å². The van der Waals surface area contributed by atoms with Gasteiger partial charge in [-0.3, -0.25) is 4.79 Å². The highest BCUT2D eigenvalue weighted by Gasteiger charge is 2.27. The number of carbonyl (C=O) groups is 1. The van der Waals surface area contributed by atoms with Gasteiger partial charge in [-0.15, -0.1) is 11.8 Å². The molecule has 0 saturated heterocycles. The molecular formula is C25H40O4. The highest BCUT2D eigenvalue weighted by Crippen LogP contribution is 2.20. The Labute approximate surface area is 179 Å². The van der Waals surface area contributed by atoms with E-state index in [1.165, 1.54) is 6.92 Å². The fourth-order valence-corrected chi connectivity index (χ4v) is 2.96. The van der Waals surface area contributed by atoms with Crippen molar-refractivity contribution in [2.75, 3.05) is 0 Å². The zero-order valence-corrected chi connectivity index (χ0v) is 19.3. The topological polar surface area (TPSA) is 44.8 Å². The molecule has 0 aromatic rings. The summed E-state index contributed by atoms with van der Waals surface area (Å²) in [6.07, 6.45) is 9.62. The third-order valence-electron chi connectivity index (χ3n) is 4.34.